The summed E-state index contributed by atoms with van der Waals surface area (Å²) in [5.74, 6) is -0.190. The molecule has 0 amide bonds. The minimum Gasteiger partial charge on any atom is -0.457 e. The van der Waals surface area contributed by atoms with E-state index in [0.717, 1.165) is 30.3 Å². The number of carbonyl (C=O) groups is 1. The summed E-state index contributed by atoms with van der Waals surface area (Å²) in [6.07, 6.45) is -6.57. The summed E-state index contributed by atoms with van der Waals surface area (Å²) in [5.41, 5.74) is -1.28. The second kappa shape index (κ2) is 8.74. The van der Waals surface area contributed by atoms with Crippen LogP contribution in [0.25, 0.3) is 28.7 Å². The molecule has 174 valence electrons. The summed E-state index contributed by atoms with van der Waals surface area (Å²) in [6.45, 7) is 0. The van der Waals surface area contributed by atoms with Gasteiger partial charge in [-0.05, 0) is 60.7 Å². The summed E-state index contributed by atoms with van der Waals surface area (Å²) in [6, 6.07) is 14.8. The highest BCUT2D eigenvalue weighted by molar-refractivity contribution is 6.05. The van der Waals surface area contributed by atoms with Crippen molar-refractivity contribution in [2.24, 2.45) is 0 Å². The predicted molar refractivity (Wildman–Crippen MR) is 112 cm³/mol. The average Bonchev–Trinajstić information content (AvgIpc) is 3.47. The van der Waals surface area contributed by atoms with Gasteiger partial charge < -0.3 is 8.83 Å². The Bertz CT molecular complexity index is 1360. The number of halogens is 6. The lowest BCUT2D eigenvalue weighted by Gasteiger charge is -2.07. The minimum absolute atomic E-state index is 0.0904. The molecule has 0 aliphatic carbocycles. The second-order valence-electron chi connectivity index (χ2n) is 7.22. The summed E-state index contributed by atoms with van der Waals surface area (Å²) in [5, 5.41) is 0. The van der Waals surface area contributed by atoms with Crippen LogP contribution in [0.3, 0.4) is 0 Å². The van der Waals surface area contributed by atoms with E-state index in [2.05, 4.69) is 0 Å². The van der Waals surface area contributed by atoms with Crippen LogP contribution in [0.15, 0.2) is 87.7 Å². The van der Waals surface area contributed by atoms with E-state index in [0.29, 0.717) is 0 Å². The molecular weight excluding hydrogens is 462 g/mol. The van der Waals surface area contributed by atoms with Crippen molar-refractivity contribution in [1.29, 1.82) is 0 Å². The van der Waals surface area contributed by atoms with Gasteiger partial charge >= 0.3 is 12.4 Å². The molecule has 3 nitrogen and oxygen atoms in total. The first-order valence-electron chi connectivity index (χ1n) is 9.78. The average molecular weight is 476 g/mol. The van der Waals surface area contributed by atoms with Gasteiger partial charge in [0.2, 0.25) is 5.78 Å². The zero-order valence-corrected chi connectivity index (χ0v) is 17.1. The molecule has 0 fully saturated rings. The molecule has 0 spiro atoms. The van der Waals surface area contributed by atoms with Crippen molar-refractivity contribution < 1.29 is 40.0 Å². The van der Waals surface area contributed by atoms with E-state index in [1.165, 1.54) is 54.6 Å². The molecule has 0 bridgehead atoms. The topological polar surface area (TPSA) is 43.4 Å². The molecule has 0 N–H and O–H groups in total. The molecule has 0 saturated carbocycles. The Morgan fingerprint density at radius 1 is 0.676 bits per heavy atom. The van der Waals surface area contributed by atoms with Gasteiger partial charge in [0.05, 0.1) is 11.1 Å². The third-order valence-electron chi connectivity index (χ3n) is 4.82. The first kappa shape index (κ1) is 23.2. The predicted octanol–water partition coefficient (Wildman–Crippen LogP) is 8.14. The Kier molecular flexibility index (Phi) is 5.95. The van der Waals surface area contributed by atoms with Gasteiger partial charge in [-0.2, -0.15) is 26.3 Å². The van der Waals surface area contributed by atoms with Crippen molar-refractivity contribution in [2.45, 2.75) is 12.4 Å². The van der Waals surface area contributed by atoms with Crippen LogP contribution in [0.2, 0.25) is 0 Å². The molecular formula is C25H14F6O3. The normalized spacial score (nSPS) is 12.4. The fraction of sp³-hybridized carbons (Fsp3) is 0.0800. The number of ketones is 1. The van der Waals surface area contributed by atoms with E-state index < -0.39 is 29.3 Å². The molecule has 0 aliphatic heterocycles. The second-order valence-corrected chi connectivity index (χ2v) is 7.22. The van der Waals surface area contributed by atoms with Gasteiger partial charge in [-0.15, -0.1) is 0 Å². The van der Waals surface area contributed by atoms with Crippen molar-refractivity contribution in [3.63, 3.8) is 0 Å². The lowest BCUT2D eigenvalue weighted by molar-refractivity contribution is -0.138. The smallest absolute Gasteiger partial charge is 0.416 e. The monoisotopic (exact) mass is 476 g/mol. The van der Waals surface area contributed by atoms with Crippen molar-refractivity contribution in [3.8, 4) is 22.6 Å². The van der Waals surface area contributed by atoms with Crippen LogP contribution in [0.5, 0.6) is 0 Å². The molecule has 4 aromatic rings. The quantitative estimate of drug-likeness (QED) is 0.166. The lowest BCUT2D eigenvalue weighted by Crippen LogP contribution is -2.04. The number of hydrogen-bond acceptors (Lipinski definition) is 3. The molecule has 0 unspecified atom stereocenters. The van der Waals surface area contributed by atoms with Crippen LogP contribution < -0.4 is 0 Å². The third-order valence-corrected chi connectivity index (χ3v) is 4.82. The van der Waals surface area contributed by atoms with Crippen molar-refractivity contribution >= 4 is 11.9 Å². The number of hydrogen-bond donors (Lipinski definition) is 0. The fourth-order valence-corrected chi connectivity index (χ4v) is 3.16. The van der Waals surface area contributed by atoms with Crippen LogP contribution in [-0.2, 0) is 12.4 Å². The number of alkyl halides is 6. The van der Waals surface area contributed by atoms with Crippen LogP contribution >= 0.6 is 0 Å². The van der Waals surface area contributed by atoms with E-state index in [9.17, 15) is 31.1 Å². The standard InChI is InChI=1S/C25H14F6O3/c26-24(27,28)17-5-1-3-15(13-17)21-10-8-19(33-21)7-9-20(32)23-12-11-22(34-23)16-4-2-6-18(14-16)25(29,30)31/h1-14H/b9-7+. The highest BCUT2D eigenvalue weighted by Crippen LogP contribution is 2.34. The molecule has 0 atom stereocenters. The van der Waals surface area contributed by atoms with Gasteiger partial charge in [0, 0.05) is 11.1 Å². The molecule has 9 heteroatoms. The van der Waals surface area contributed by atoms with E-state index in [1.54, 1.807) is 0 Å². The molecule has 2 heterocycles. The third kappa shape index (κ3) is 5.14. The van der Waals surface area contributed by atoms with Gasteiger partial charge in [0.15, 0.2) is 5.76 Å². The van der Waals surface area contributed by atoms with E-state index >= 15 is 0 Å². The van der Waals surface area contributed by atoms with Gasteiger partial charge in [-0.1, -0.05) is 24.3 Å². The van der Waals surface area contributed by atoms with Gasteiger partial charge in [-0.3, -0.25) is 4.79 Å². The molecule has 0 aliphatic rings. The maximum Gasteiger partial charge on any atom is 0.416 e. The SMILES string of the molecule is O=C(/C=C/c1ccc(-c2cccc(C(F)(F)F)c2)o1)c1ccc(-c2cccc(C(F)(F)F)c2)o1. The first-order valence-corrected chi connectivity index (χ1v) is 9.78. The summed E-state index contributed by atoms with van der Waals surface area (Å²) >= 11 is 0. The Labute approximate surface area is 188 Å². The zero-order valence-electron chi connectivity index (χ0n) is 17.1. The Hall–Kier alpha value is -4.01. The van der Waals surface area contributed by atoms with Crippen molar-refractivity contribution in [1.82, 2.24) is 0 Å². The Morgan fingerprint density at radius 3 is 1.76 bits per heavy atom. The maximum atomic E-state index is 12.9. The van der Waals surface area contributed by atoms with Crippen molar-refractivity contribution in [2.75, 3.05) is 0 Å². The zero-order chi connectivity index (χ0) is 24.5. The lowest BCUT2D eigenvalue weighted by atomic mass is 10.1. The number of allylic oxidation sites excluding steroid dienone is 1. The van der Waals surface area contributed by atoms with Crippen LogP contribution in [0.1, 0.15) is 27.4 Å². The van der Waals surface area contributed by atoms with Crippen LogP contribution in [0, 0.1) is 0 Å². The molecule has 2 aromatic heterocycles. The van der Waals surface area contributed by atoms with Crippen LogP contribution in [-0.4, -0.2) is 5.78 Å². The largest absolute Gasteiger partial charge is 0.457 e. The summed E-state index contributed by atoms with van der Waals surface area (Å²) < 4.78 is 88.3. The highest BCUT2D eigenvalue weighted by Gasteiger charge is 2.31. The minimum atomic E-state index is -4.51. The molecule has 0 saturated heterocycles. The van der Waals surface area contributed by atoms with Gasteiger partial charge in [0.1, 0.15) is 17.3 Å². The molecule has 4 rings (SSSR count). The maximum absolute atomic E-state index is 12.9. The Balaban J connectivity index is 1.49. The van der Waals surface area contributed by atoms with E-state index in [4.69, 9.17) is 8.83 Å². The molecule has 0 radical (unpaired) electrons. The number of carbonyl (C=O) groups excluding carboxylic acids is 1. The van der Waals surface area contributed by atoms with Crippen molar-refractivity contribution in [3.05, 3.63) is 102 Å². The summed E-state index contributed by atoms with van der Waals surface area (Å²) in [4.78, 5) is 12.4. The number of rotatable bonds is 5. The van der Waals surface area contributed by atoms with E-state index in [-0.39, 0.29) is 34.2 Å². The Morgan fingerprint density at radius 2 is 1.21 bits per heavy atom. The molecule has 34 heavy (non-hydrogen) atoms. The number of furan rings is 2. The number of benzene rings is 2. The van der Waals surface area contributed by atoms with Gasteiger partial charge in [0.25, 0.3) is 0 Å². The fourth-order valence-electron chi connectivity index (χ4n) is 3.16. The van der Waals surface area contributed by atoms with Gasteiger partial charge in [-0.25, -0.2) is 0 Å². The van der Waals surface area contributed by atoms with Crippen LogP contribution in [0.4, 0.5) is 26.3 Å². The van der Waals surface area contributed by atoms with E-state index in [1.807, 2.05) is 0 Å². The highest BCUT2D eigenvalue weighted by atomic mass is 19.4. The first-order chi connectivity index (χ1) is 16.0. The summed E-state index contributed by atoms with van der Waals surface area (Å²) in [7, 11) is 0. The molecule has 2 aromatic carbocycles.